The first-order valence-electron chi connectivity index (χ1n) is 5.35. The maximum absolute atomic E-state index is 6.04. The van der Waals surface area contributed by atoms with E-state index in [0.29, 0.717) is 5.88 Å². The number of nitrogens with zero attached hydrogens (tertiary/aromatic N) is 1. The summed E-state index contributed by atoms with van der Waals surface area (Å²) in [5, 5.41) is 4.47. The lowest BCUT2D eigenvalue weighted by Crippen LogP contribution is -2.38. The molecule has 1 rings (SSSR count). The maximum Gasteiger partial charge on any atom is 0.183 e. The van der Waals surface area contributed by atoms with E-state index in [1.807, 2.05) is 6.92 Å². The van der Waals surface area contributed by atoms with Crippen LogP contribution in [-0.2, 0) is 0 Å². The monoisotopic (exact) mass is 246 g/mol. The quantitative estimate of drug-likeness (QED) is 0.796. The molecule has 0 unspecified atom stereocenters. The molecule has 0 aliphatic carbocycles. The molecule has 4 heteroatoms. The number of rotatable bonds is 5. The number of nitrogens with one attached hydrogen (secondary N) is 1. The molecule has 0 radical (unpaired) electrons. The van der Waals surface area contributed by atoms with E-state index in [2.05, 4.69) is 31.1 Å². The van der Waals surface area contributed by atoms with Crippen LogP contribution in [0.5, 0.6) is 0 Å². The molecule has 0 aliphatic rings. The smallest absolute Gasteiger partial charge is 0.183 e. The van der Waals surface area contributed by atoms with Gasteiger partial charge in [0.15, 0.2) is 5.13 Å². The normalized spacial score (nSPS) is 11.8. The zero-order valence-corrected chi connectivity index (χ0v) is 11.4. The zero-order chi connectivity index (χ0) is 11.5. The van der Waals surface area contributed by atoms with Crippen molar-refractivity contribution in [2.45, 2.75) is 46.1 Å². The summed E-state index contributed by atoms with van der Waals surface area (Å²) in [6.07, 6.45) is 2.04. The highest BCUT2D eigenvalue weighted by Gasteiger charge is 2.25. The van der Waals surface area contributed by atoms with Crippen molar-refractivity contribution in [3.63, 3.8) is 0 Å². The molecule has 15 heavy (non-hydrogen) atoms. The van der Waals surface area contributed by atoms with Crippen LogP contribution in [0.15, 0.2) is 0 Å². The lowest BCUT2D eigenvalue weighted by Gasteiger charge is -2.30. The number of hydrogen-bond donors (Lipinski definition) is 1. The Kier molecular flexibility index (Phi) is 4.41. The van der Waals surface area contributed by atoms with Gasteiger partial charge in [-0.05, 0) is 26.7 Å². The minimum absolute atomic E-state index is 0.00170. The third-order valence-electron chi connectivity index (χ3n) is 3.01. The van der Waals surface area contributed by atoms with E-state index in [4.69, 9.17) is 11.6 Å². The summed E-state index contributed by atoms with van der Waals surface area (Å²) in [7, 11) is 0. The van der Waals surface area contributed by atoms with Crippen molar-refractivity contribution in [1.82, 2.24) is 4.98 Å². The van der Waals surface area contributed by atoms with Gasteiger partial charge in [-0.2, -0.15) is 0 Å². The molecule has 86 valence electrons. The molecule has 2 nitrogen and oxygen atoms in total. The van der Waals surface area contributed by atoms with Gasteiger partial charge in [0.2, 0.25) is 0 Å². The number of alkyl halides is 1. The van der Waals surface area contributed by atoms with E-state index in [-0.39, 0.29) is 5.54 Å². The number of thiazole rings is 1. The van der Waals surface area contributed by atoms with Gasteiger partial charge in [0.25, 0.3) is 0 Å². The Hall–Kier alpha value is -0.280. The van der Waals surface area contributed by atoms with Crippen molar-refractivity contribution < 1.29 is 0 Å². The topological polar surface area (TPSA) is 24.9 Å². The number of aryl methyl sites for hydroxylation is 2. The molecule has 0 saturated carbocycles. The van der Waals surface area contributed by atoms with Crippen molar-refractivity contribution in [3.8, 4) is 0 Å². The van der Waals surface area contributed by atoms with E-state index in [0.717, 1.165) is 23.7 Å². The highest BCUT2D eigenvalue weighted by molar-refractivity contribution is 7.15. The Morgan fingerprint density at radius 3 is 2.27 bits per heavy atom. The molecule has 1 aromatic rings. The molecule has 1 N–H and O–H groups in total. The molecule has 0 atom stereocenters. The SMILES string of the molecule is CCC(CC)(CCl)Nc1nc(C)c(C)s1. The Morgan fingerprint density at radius 1 is 1.33 bits per heavy atom. The average molecular weight is 247 g/mol. The van der Waals surface area contributed by atoms with Crippen molar-refractivity contribution in [1.29, 1.82) is 0 Å². The van der Waals surface area contributed by atoms with Crippen LogP contribution < -0.4 is 5.32 Å². The third-order valence-corrected chi connectivity index (χ3v) is 4.51. The lowest BCUT2D eigenvalue weighted by molar-refractivity contribution is 0.484. The molecule has 0 aromatic carbocycles. The third kappa shape index (κ3) is 2.85. The van der Waals surface area contributed by atoms with E-state index >= 15 is 0 Å². The first kappa shape index (κ1) is 12.8. The minimum atomic E-state index is -0.00170. The molecule has 0 spiro atoms. The largest absolute Gasteiger partial charge is 0.355 e. The first-order chi connectivity index (χ1) is 7.06. The molecule has 1 aromatic heterocycles. The summed E-state index contributed by atoms with van der Waals surface area (Å²) in [4.78, 5) is 5.76. The standard InChI is InChI=1S/C11H19ClN2S/c1-5-11(6-2,7-12)14-10-13-8(3)9(4)15-10/h5-7H2,1-4H3,(H,13,14). The maximum atomic E-state index is 6.04. The highest BCUT2D eigenvalue weighted by atomic mass is 35.5. The number of halogens is 1. The summed E-state index contributed by atoms with van der Waals surface area (Å²) in [5.41, 5.74) is 1.11. The number of aromatic nitrogens is 1. The second kappa shape index (κ2) is 5.17. The van der Waals surface area contributed by atoms with Gasteiger partial charge in [0.1, 0.15) is 0 Å². The van der Waals surface area contributed by atoms with Crippen molar-refractivity contribution >= 4 is 28.1 Å². The average Bonchev–Trinajstić information content (AvgIpc) is 2.55. The summed E-state index contributed by atoms with van der Waals surface area (Å²) >= 11 is 7.74. The van der Waals surface area contributed by atoms with Gasteiger partial charge >= 0.3 is 0 Å². The van der Waals surface area contributed by atoms with Crippen LogP contribution in [0, 0.1) is 13.8 Å². The molecular formula is C11H19ClN2S. The predicted molar refractivity (Wildman–Crippen MR) is 69.2 cm³/mol. The van der Waals surface area contributed by atoms with Crippen LogP contribution >= 0.6 is 22.9 Å². The number of anilines is 1. The van der Waals surface area contributed by atoms with Gasteiger partial charge in [0, 0.05) is 10.8 Å². The van der Waals surface area contributed by atoms with Crippen LogP contribution in [0.3, 0.4) is 0 Å². The first-order valence-corrected chi connectivity index (χ1v) is 6.70. The van der Waals surface area contributed by atoms with Gasteiger partial charge in [-0.3, -0.25) is 0 Å². The summed E-state index contributed by atoms with van der Waals surface area (Å²) in [6, 6.07) is 0. The molecule has 0 amide bonds. The van der Waals surface area contributed by atoms with E-state index in [9.17, 15) is 0 Å². The van der Waals surface area contributed by atoms with Crippen LogP contribution in [0.25, 0.3) is 0 Å². The molecule has 1 heterocycles. The van der Waals surface area contributed by atoms with Gasteiger partial charge < -0.3 is 5.32 Å². The predicted octanol–water partition coefficient (Wildman–Crippen LogP) is 3.97. The van der Waals surface area contributed by atoms with Crippen molar-refractivity contribution in [2.75, 3.05) is 11.2 Å². The molecule has 0 saturated heterocycles. The number of hydrogen-bond acceptors (Lipinski definition) is 3. The minimum Gasteiger partial charge on any atom is -0.355 e. The van der Waals surface area contributed by atoms with Crippen LogP contribution in [0.4, 0.5) is 5.13 Å². The summed E-state index contributed by atoms with van der Waals surface area (Å²) < 4.78 is 0. The highest BCUT2D eigenvalue weighted by Crippen LogP contribution is 2.28. The van der Waals surface area contributed by atoms with Gasteiger partial charge in [0.05, 0.1) is 11.2 Å². The second-order valence-corrected chi connectivity index (χ2v) is 5.38. The van der Waals surface area contributed by atoms with Crippen LogP contribution in [-0.4, -0.2) is 16.4 Å². The fraction of sp³-hybridized carbons (Fsp3) is 0.727. The fourth-order valence-electron chi connectivity index (χ4n) is 1.40. The molecule has 0 fully saturated rings. The Morgan fingerprint density at radius 2 is 1.93 bits per heavy atom. The van der Waals surface area contributed by atoms with Gasteiger partial charge in [-0.15, -0.1) is 22.9 Å². The van der Waals surface area contributed by atoms with Gasteiger partial charge in [-0.25, -0.2) is 4.98 Å². The van der Waals surface area contributed by atoms with Crippen LogP contribution in [0.1, 0.15) is 37.3 Å². The van der Waals surface area contributed by atoms with E-state index in [1.165, 1.54) is 4.88 Å². The fourth-order valence-corrected chi connectivity index (χ4v) is 2.78. The summed E-state index contributed by atoms with van der Waals surface area (Å²) in [5.74, 6) is 0.623. The Labute approximate surface area is 101 Å². The van der Waals surface area contributed by atoms with Crippen LogP contribution in [0.2, 0.25) is 0 Å². The van der Waals surface area contributed by atoms with E-state index < -0.39 is 0 Å². The zero-order valence-electron chi connectivity index (χ0n) is 9.85. The van der Waals surface area contributed by atoms with E-state index in [1.54, 1.807) is 11.3 Å². The molecule has 0 bridgehead atoms. The Balaban J connectivity index is 2.82. The molecular weight excluding hydrogens is 228 g/mol. The Bertz CT molecular complexity index is 291. The summed E-state index contributed by atoms with van der Waals surface area (Å²) in [6.45, 7) is 8.45. The molecule has 0 aliphatic heterocycles. The lowest BCUT2D eigenvalue weighted by atomic mass is 9.96. The second-order valence-electron chi connectivity index (χ2n) is 3.91. The van der Waals surface area contributed by atoms with Gasteiger partial charge in [-0.1, -0.05) is 13.8 Å². The van der Waals surface area contributed by atoms with Crippen molar-refractivity contribution in [2.24, 2.45) is 0 Å². The van der Waals surface area contributed by atoms with Crippen molar-refractivity contribution in [3.05, 3.63) is 10.6 Å².